The van der Waals surface area contributed by atoms with Gasteiger partial charge in [-0.25, -0.2) is 4.98 Å². The van der Waals surface area contributed by atoms with Crippen LogP contribution >= 0.6 is 11.8 Å². The van der Waals surface area contributed by atoms with E-state index in [-0.39, 0.29) is 0 Å². The van der Waals surface area contributed by atoms with Gasteiger partial charge in [0.15, 0.2) is 0 Å². The average Bonchev–Trinajstić information content (AvgIpc) is 2.64. The molecule has 0 aliphatic heterocycles. The van der Waals surface area contributed by atoms with Crippen LogP contribution in [0.25, 0.3) is 0 Å². The van der Waals surface area contributed by atoms with Crippen LogP contribution in [0, 0.1) is 6.92 Å². The molecule has 0 amide bonds. The first-order valence-corrected chi connectivity index (χ1v) is 5.59. The molecule has 84 valence electrons. The Morgan fingerprint density at radius 2 is 2.25 bits per heavy atom. The van der Waals surface area contributed by atoms with Gasteiger partial charge in [-0.1, -0.05) is 6.07 Å². The van der Waals surface area contributed by atoms with Crippen molar-refractivity contribution in [2.45, 2.75) is 30.2 Å². The fourth-order valence-electron chi connectivity index (χ4n) is 1.21. The number of aryl methyl sites for hydroxylation is 1. The lowest BCUT2D eigenvalue weighted by Crippen LogP contribution is -1.95. The number of aromatic nitrogens is 3. The van der Waals surface area contributed by atoms with E-state index in [4.69, 9.17) is 4.42 Å². The van der Waals surface area contributed by atoms with Gasteiger partial charge in [-0.2, -0.15) is 0 Å². The molecule has 0 fully saturated rings. The third kappa shape index (κ3) is 2.40. The quantitative estimate of drug-likeness (QED) is 0.880. The van der Waals surface area contributed by atoms with Gasteiger partial charge in [0.25, 0.3) is 5.22 Å². The molecule has 6 heteroatoms. The summed E-state index contributed by atoms with van der Waals surface area (Å²) in [5, 5.41) is 18.3. The lowest BCUT2D eigenvalue weighted by molar-refractivity contribution is 0.195. The Bertz CT molecular complexity index is 484. The molecule has 2 rings (SSSR count). The van der Waals surface area contributed by atoms with Gasteiger partial charge in [0, 0.05) is 18.7 Å². The number of aliphatic hydroxyl groups is 1. The molecule has 0 aliphatic rings. The third-order valence-corrected chi connectivity index (χ3v) is 2.82. The van der Waals surface area contributed by atoms with Crippen molar-refractivity contribution in [2.24, 2.45) is 0 Å². The van der Waals surface area contributed by atoms with E-state index in [9.17, 15) is 5.11 Å². The Kier molecular flexibility index (Phi) is 3.21. The number of hydrogen-bond donors (Lipinski definition) is 1. The zero-order chi connectivity index (χ0) is 11.5. The smallest absolute Gasteiger partial charge is 0.282 e. The van der Waals surface area contributed by atoms with Crippen LogP contribution < -0.4 is 0 Å². The number of rotatable bonds is 3. The molecule has 2 aromatic rings. The van der Waals surface area contributed by atoms with E-state index in [0.717, 1.165) is 5.56 Å². The summed E-state index contributed by atoms with van der Waals surface area (Å²) in [4.78, 5) is 4.18. The molecule has 0 unspecified atom stereocenters. The molecule has 2 heterocycles. The first-order chi connectivity index (χ1) is 7.66. The highest BCUT2D eigenvalue weighted by Crippen LogP contribution is 2.30. The van der Waals surface area contributed by atoms with Crippen LogP contribution in [0.3, 0.4) is 0 Å². The fraction of sp³-hybridized carbons (Fsp3) is 0.300. The zero-order valence-electron chi connectivity index (χ0n) is 8.91. The van der Waals surface area contributed by atoms with E-state index in [0.29, 0.717) is 16.1 Å². The molecule has 16 heavy (non-hydrogen) atoms. The lowest BCUT2D eigenvalue weighted by atomic mass is 10.2. The van der Waals surface area contributed by atoms with E-state index in [1.54, 1.807) is 26.1 Å². The van der Waals surface area contributed by atoms with E-state index >= 15 is 0 Å². The molecule has 0 saturated heterocycles. The largest absolute Gasteiger partial charge is 0.416 e. The maximum Gasteiger partial charge on any atom is 0.282 e. The van der Waals surface area contributed by atoms with Gasteiger partial charge in [0.1, 0.15) is 5.03 Å². The fourth-order valence-corrected chi connectivity index (χ4v) is 2.09. The van der Waals surface area contributed by atoms with Crippen molar-refractivity contribution in [1.82, 2.24) is 15.2 Å². The SMILES string of the molecule is Cc1nnc(Sc2ncccc2[C@@H](C)O)o1. The summed E-state index contributed by atoms with van der Waals surface area (Å²) in [5.74, 6) is 0.511. The summed E-state index contributed by atoms with van der Waals surface area (Å²) in [6.45, 7) is 3.42. The van der Waals surface area contributed by atoms with Crippen LogP contribution in [-0.4, -0.2) is 20.3 Å². The Hall–Kier alpha value is -1.40. The van der Waals surface area contributed by atoms with E-state index in [1.165, 1.54) is 11.8 Å². The molecule has 0 bridgehead atoms. The first kappa shape index (κ1) is 11.1. The minimum atomic E-state index is -0.569. The predicted molar refractivity (Wildman–Crippen MR) is 58.0 cm³/mol. The lowest BCUT2D eigenvalue weighted by Gasteiger charge is -2.07. The van der Waals surface area contributed by atoms with E-state index < -0.39 is 6.10 Å². The molecule has 0 aliphatic carbocycles. The molecule has 1 N–H and O–H groups in total. The third-order valence-electron chi connectivity index (χ3n) is 1.94. The summed E-state index contributed by atoms with van der Waals surface area (Å²) < 4.78 is 5.24. The monoisotopic (exact) mass is 237 g/mol. The molecule has 0 saturated carbocycles. The van der Waals surface area contributed by atoms with Gasteiger partial charge in [0.05, 0.1) is 6.10 Å². The highest BCUT2D eigenvalue weighted by Gasteiger charge is 2.13. The summed E-state index contributed by atoms with van der Waals surface area (Å²) >= 11 is 1.25. The van der Waals surface area contributed by atoms with E-state index in [2.05, 4.69) is 15.2 Å². The van der Waals surface area contributed by atoms with Crippen molar-refractivity contribution >= 4 is 11.8 Å². The molecule has 2 aromatic heterocycles. The van der Waals surface area contributed by atoms with Crippen molar-refractivity contribution in [3.63, 3.8) is 0 Å². The standard InChI is InChI=1S/C10H11N3O2S/c1-6(14)8-4-3-5-11-9(8)16-10-13-12-7(2)15-10/h3-6,14H,1-2H3/t6-/m1/s1. The van der Waals surface area contributed by atoms with Crippen molar-refractivity contribution in [3.8, 4) is 0 Å². The Labute approximate surface area is 96.9 Å². The molecule has 1 atom stereocenters. The number of pyridine rings is 1. The van der Waals surface area contributed by atoms with Gasteiger partial charge >= 0.3 is 0 Å². The van der Waals surface area contributed by atoms with E-state index in [1.807, 2.05) is 6.07 Å². The first-order valence-electron chi connectivity index (χ1n) is 4.78. The van der Waals surface area contributed by atoms with Crippen molar-refractivity contribution in [1.29, 1.82) is 0 Å². The molecule has 0 radical (unpaired) electrons. The number of aliphatic hydroxyl groups excluding tert-OH is 1. The summed E-state index contributed by atoms with van der Waals surface area (Å²) in [6.07, 6.45) is 1.09. The van der Waals surface area contributed by atoms with Gasteiger partial charge in [-0.3, -0.25) is 0 Å². The second kappa shape index (κ2) is 4.63. The number of nitrogens with zero attached hydrogens (tertiary/aromatic N) is 3. The Balaban J connectivity index is 2.27. The van der Waals surface area contributed by atoms with Crippen molar-refractivity contribution < 1.29 is 9.52 Å². The maximum atomic E-state index is 9.57. The van der Waals surface area contributed by atoms with Crippen LogP contribution in [0.5, 0.6) is 0 Å². The van der Waals surface area contributed by atoms with Crippen LogP contribution in [0.15, 0.2) is 33.0 Å². The van der Waals surface area contributed by atoms with Gasteiger partial charge in [-0.15, -0.1) is 10.2 Å². The normalized spacial score (nSPS) is 12.7. The Morgan fingerprint density at radius 1 is 1.44 bits per heavy atom. The maximum absolute atomic E-state index is 9.57. The Morgan fingerprint density at radius 3 is 2.88 bits per heavy atom. The minimum Gasteiger partial charge on any atom is -0.416 e. The summed E-state index contributed by atoms with van der Waals surface area (Å²) in [6, 6.07) is 3.61. The van der Waals surface area contributed by atoms with Gasteiger partial charge < -0.3 is 9.52 Å². The van der Waals surface area contributed by atoms with Crippen LogP contribution in [0.2, 0.25) is 0 Å². The molecular weight excluding hydrogens is 226 g/mol. The van der Waals surface area contributed by atoms with Gasteiger partial charge in [0.2, 0.25) is 5.89 Å². The summed E-state index contributed by atoms with van der Waals surface area (Å²) in [5.41, 5.74) is 0.753. The van der Waals surface area contributed by atoms with Crippen molar-refractivity contribution in [2.75, 3.05) is 0 Å². The second-order valence-electron chi connectivity index (χ2n) is 3.26. The van der Waals surface area contributed by atoms with Crippen LogP contribution in [-0.2, 0) is 0 Å². The van der Waals surface area contributed by atoms with Crippen molar-refractivity contribution in [3.05, 3.63) is 29.8 Å². The van der Waals surface area contributed by atoms with Gasteiger partial charge in [-0.05, 0) is 24.8 Å². The second-order valence-corrected chi connectivity index (χ2v) is 4.20. The van der Waals surface area contributed by atoms with Crippen LogP contribution in [0.4, 0.5) is 0 Å². The highest BCUT2D eigenvalue weighted by atomic mass is 32.2. The molecule has 0 aromatic carbocycles. The topological polar surface area (TPSA) is 72.0 Å². The predicted octanol–water partition coefficient (Wildman–Crippen LogP) is 1.98. The zero-order valence-corrected chi connectivity index (χ0v) is 9.73. The molecular formula is C10H11N3O2S. The average molecular weight is 237 g/mol. The molecule has 0 spiro atoms. The molecule has 5 nitrogen and oxygen atoms in total. The number of hydrogen-bond acceptors (Lipinski definition) is 6. The highest BCUT2D eigenvalue weighted by molar-refractivity contribution is 7.99. The van der Waals surface area contributed by atoms with Crippen LogP contribution in [0.1, 0.15) is 24.5 Å². The minimum absolute atomic E-state index is 0.429. The summed E-state index contributed by atoms with van der Waals surface area (Å²) in [7, 11) is 0.